The monoisotopic (exact) mass is 154 g/mol. The number of hydrogen-bond acceptors (Lipinski definition) is 2. The summed E-state index contributed by atoms with van der Waals surface area (Å²) in [6.07, 6.45) is 2.37. The fourth-order valence-corrected chi connectivity index (χ4v) is 2.35. The molecule has 1 heterocycles. The van der Waals surface area contributed by atoms with Gasteiger partial charge >= 0.3 is 5.97 Å². The van der Waals surface area contributed by atoms with E-state index < -0.39 is 0 Å². The van der Waals surface area contributed by atoms with E-state index in [0.29, 0.717) is 11.8 Å². The molecule has 2 aliphatic rings. The van der Waals surface area contributed by atoms with Gasteiger partial charge in [0.15, 0.2) is 0 Å². The van der Waals surface area contributed by atoms with E-state index in [1.807, 2.05) is 0 Å². The van der Waals surface area contributed by atoms with Crippen LogP contribution in [0.5, 0.6) is 0 Å². The van der Waals surface area contributed by atoms with Crippen molar-refractivity contribution in [2.24, 2.45) is 17.8 Å². The largest absolute Gasteiger partial charge is 0.462 e. The lowest BCUT2D eigenvalue weighted by molar-refractivity contribution is -0.144. The van der Waals surface area contributed by atoms with Crippen LogP contribution in [-0.4, -0.2) is 12.1 Å². The zero-order valence-electron chi connectivity index (χ0n) is 7.04. The normalized spacial score (nSPS) is 49.1. The molecule has 11 heavy (non-hydrogen) atoms. The van der Waals surface area contributed by atoms with Crippen LogP contribution in [0.4, 0.5) is 0 Å². The molecule has 4 atom stereocenters. The number of carbonyl (C=O) groups excluding carboxylic acids is 1. The van der Waals surface area contributed by atoms with Gasteiger partial charge in [0.25, 0.3) is 0 Å². The minimum Gasteiger partial charge on any atom is -0.462 e. The highest BCUT2D eigenvalue weighted by atomic mass is 16.6. The lowest BCUT2D eigenvalue weighted by Crippen LogP contribution is -2.26. The molecule has 2 heteroatoms. The number of rotatable bonds is 0. The molecule has 1 aliphatic heterocycles. The van der Waals surface area contributed by atoms with Gasteiger partial charge in [0.1, 0.15) is 6.10 Å². The Morgan fingerprint density at radius 3 is 2.73 bits per heavy atom. The minimum atomic E-state index is 0.0480. The maximum absolute atomic E-state index is 11.2. The third kappa shape index (κ3) is 0.959. The number of hydrogen-bond donors (Lipinski definition) is 0. The Balaban J connectivity index is 2.20. The van der Waals surface area contributed by atoms with Crippen LogP contribution < -0.4 is 0 Å². The highest BCUT2D eigenvalue weighted by Gasteiger charge is 2.45. The Morgan fingerprint density at radius 1 is 1.27 bits per heavy atom. The van der Waals surface area contributed by atoms with Crippen LogP contribution in [0.2, 0.25) is 0 Å². The zero-order valence-corrected chi connectivity index (χ0v) is 7.04. The van der Waals surface area contributed by atoms with Gasteiger partial charge in [0, 0.05) is 0 Å². The second-order valence-electron chi connectivity index (χ2n) is 4.01. The van der Waals surface area contributed by atoms with Gasteiger partial charge in [-0.15, -0.1) is 0 Å². The summed E-state index contributed by atoms with van der Waals surface area (Å²) in [5.74, 6) is 1.38. The average molecular weight is 154 g/mol. The minimum absolute atomic E-state index is 0.0480. The molecule has 2 fully saturated rings. The van der Waals surface area contributed by atoms with Gasteiger partial charge in [-0.2, -0.15) is 0 Å². The van der Waals surface area contributed by atoms with E-state index in [1.165, 1.54) is 0 Å². The van der Waals surface area contributed by atoms with Crippen LogP contribution >= 0.6 is 0 Å². The summed E-state index contributed by atoms with van der Waals surface area (Å²) in [4.78, 5) is 11.2. The molecule has 0 aromatic heterocycles. The SMILES string of the molecule is C[C@@H]1C[C@H](C)C2CC1OC2=O. The first-order valence-electron chi connectivity index (χ1n) is 4.39. The Kier molecular flexibility index (Phi) is 1.44. The standard InChI is InChI=1S/C9H14O2/c1-5-3-6(2)8-4-7(5)9(10)11-8/h5-8H,3-4H2,1-2H3/t5-,6+,7?,8?/m0/s1. The molecule has 2 nitrogen and oxygen atoms in total. The van der Waals surface area contributed by atoms with E-state index >= 15 is 0 Å². The van der Waals surface area contributed by atoms with Gasteiger partial charge in [-0.3, -0.25) is 4.79 Å². The van der Waals surface area contributed by atoms with Gasteiger partial charge in [0.05, 0.1) is 5.92 Å². The van der Waals surface area contributed by atoms with Gasteiger partial charge in [-0.1, -0.05) is 13.8 Å². The third-order valence-electron chi connectivity index (χ3n) is 3.12. The number of ether oxygens (including phenoxy) is 1. The fourth-order valence-electron chi connectivity index (χ4n) is 2.35. The molecule has 0 amide bonds. The molecule has 0 spiro atoms. The number of carbonyl (C=O) groups is 1. The van der Waals surface area contributed by atoms with Crippen molar-refractivity contribution in [3.63, 3.8) is 0 Å². The summed E-state index contributed by atoms with van der Waals surface area (Å²) in [6.45, 7) is 4.33. The molecule has 0 aromatic rings. The first kappa shape index (κ1) is 7.14. The lowest BCUT2D eigenvalue weighted by atomic mass is 9.76. The summed E-state index contributed by atoms with van der Waals surface area (Å²) in [5, 5.41) is 0. The summed E-state index contributed by atoms with van der Waals surface area (Å²) in [7, 11) is 0. The second kappa shape index (κ2) is 2.23. The van der Waals surface area contributed by atoms with Crippen LogP contribution in [-0.2, 0) is 9.53 Å². The van der Waals surface area contributed by atoms with Gasteiger partial charge in [-0.25, -0.2) is 0 Å². The van der Waals surface area contributed by atoms with Gasteiger partial charge in [-0.05, 0) is 24.7 Å². The number of fused-ring (bicyclic) bond motifs is 2. The molecule has 2 rings (SSSR count). The van der Waals surface area contributed by atoms with E-state index in [1.54, 1.807) is 0 Å². The molecule has 2 unspecified atom stereocenters. The van der Waals surface area contributed by atoms with Crippen molar-refractivity contribution in [2.45, 2.75) is 32.8 Å². The summed E-state index contributed by atoms with van der Waals surface area (Å²) in [6, 6.07) is 0. The molecule has 1 aliphatic carbocycles. The van der Waals surface area contributed by atoms with Crippen molar-refractivity contribution in [1.82, 2.24) is 0 Å². The van der Waals surface area contributed by atoms with E-state index in [0.717, 1.165) is 12.8 Å². The van der Waals surface area contributed by atoms with Crippen molar-refractivity contribution < 1.29 is 9.53 Å². The van der Waals surface area contributed by atoms with Crippen LogP contribution in [0, 0.1) is 17.8 Å². The summed E-state index contributed by atoms with van der Waals surface area (Å²) >= 11 is 0. The van der Waals surface area contributed by atoms with Crippen LogP contribution in [0.15, 0.2) is 0 Å². The van der Waals surface area contributed by atoms with Crippen molar-refractivity contribution in [3.8, 4) is 0 Å². The fraction of sp³-hybridized carbons (Fsp3) is 0.889. The lowest BCUT2D eigenvalue weighted by Gasteiger charge is -2.26. The molecular weight excluding hydrogens is 140 g/mol. The van der Waals surface area contributed by atoms with Gasteiger partial charge in [0.2, 0.25) is 0 Å². The molecule has 2 bridgehead atoms. The summed E-state index contributed by atoms with van der Waals surface area (Å²) < 4.78 is 5.23. The topological polar surface area (TPSA) is 26.3 Å². The maximum Gasteiger partial charge on any atom is 0.309 e. The molecule has 1 saturated heterocycles. The highest BCUT2D eigenvalue weighted by Crippen LogP contribution is 2.41. The van der Waals surface area contributed by atoms with Crippen molar-refractivity contribution in [3.05, 3.63) is 0 Å². The van der Waals surface area contributed by atoms with E-state index in [-0.39, 0.29) is 18.0 Å². The van der Waals surface area contributed by atoms with Crippen molar-refractivity contribution in [1.29, 1.82) is 0 Å². The maximum atomic E-state index is 11.2. The van der Waals surface area contributed by atoms with Crippen LogP contribution in [0.3, 0.4) is 0 Å². The van der Waals surface area contributed by atoms with Crippen LogP contribution in [0.25, 0.3) is 0 Å². The Bertz CT molecular complexity index is 188. The second-order valence-corrected chi connectivity index (χ2v) is 4.01. The first-order chi connectivity index (χ1) is 5.18. The number of esters is 1. The molecule has 0 N–H and O–H groups in total. The van der Waals surface area contributed by atoms with Crippen LogP contribution in [0.1, 0.15) is 26.7 Å². The van der Waals surface area contributed by atoms with Gasteiger partial charge < -0.3 is 4.74 Å². The quantitative estimate of drug-likeness (QED) is 0.495. The first-order valence-corrected chi connectivity index (χ1v) is 4.39. The van der Waals surface area contributed by atoms with E-state index in [4.69, 9.17) is 4.74 Å². The average Bonchev–Trinajstić information content (AvgIpc) is 2.26. The Hall–Kier alpha value is -0.530. The zero-order chi connectivity index (χ0) is 8.01. The third-order valence-corrected chi connectivity index (χ3v) is 3.12. The van der Waals surface area contributed by atoms with Crippen molar-refractivity contribution >= 4 is 5.97 Å². The Labute approximate surface area is 66.9 Å². The molecule has 62 valence electrons. The predicted octanol–water partition coefficient (Wildman–Crippen LogP) is 1.59. The molecule has 0 aromatic carbocycles. The Morgan fingerprint density at radius 2 is 2.00 bits per heavy atom. The predicted molar refractivity (Wildman–Crippen MR) is 40.9 cm³/mol. The molecular formula is C9H14O2. The highest BCUT2D eigenvalue weighted by molar-refractivity contribution is 5.75. The smallest absolute Gasteiger partial charge is 0.309 e. The molecule has 1 saturated carbocycles. The van der Waals surface area contributed by atoms with E-state index in [9.17, 15) is 4.79 Å². The molecule has 0 radical (unpaired) electrons. The summed E-state index contributed by atoms with van der Waals surface area (Å²) in [5.41, 5.74) is 0. The van der Waals surface area contributed by atoms with E-state index in [2.05, 4.69) is 13.8 Å². The van der Waals surface area contributed by atoms with Crippen molar-refractivity contribution in [2.75, 3.05) is 0 Å².